The molecule has 0 bridgehead atoms. The zero-order valence-corrected chi connectivity index (χ0v) is 10.7. The molecule has 1 aromatic rings. The molecule has 1 heterocycles. The third kappa shape index (κ3) is 2.04. The molecule has 0 radical (unpaired) electrons. The number of aromatic nitrogens is 3. The van der Waals surface area contributed by atoms with Gasteiger partial charge in [-0.2, -0.15) is 10.4 Å². The van der Waals surface area contributed by atoms with Crippen LogP contribution < -0.4 is 5.32 Å². The minimum atomic E-state index is -0.915. The van der Waals surface area contributed by atoms with Crippen LogP contribution in [0.2, 0.25) is 0 Å². The van der Waals surface area contributed by atoms with E-state index < -0.39 is 5.41 Å². The Labute approximate surface area is 105 Å². The number of aryl methyl sites for hydroxylation is 2. The Balaban J connectivity index is 2.12. The number of carbonyl (C=O) groups is 1. The Morgan fingerprint density at radius 1 is 1.39 bits per heavy atom. The summed E-state index contributed by atoms with van der Waals surface area (Å²) in [5, 5.41) is 19.4. The first-order valence-corrected chi connectivity index (χ1v) is 5.87. The molecule has 0 spiro atoms. The number of anilines is 1. The Hall–Kier alpha value is -2.03. The van der Waals surface area contributed by atoms with Gasteiger partial charge in [-0.15, -0.1) is 5.10 Å². The second kappa shape index (κ2) is 4.33. The molecule has 18 heavy (non-hydrogen) atoms. The summed E-state index contributed by atoms with van der Waals surface area (Å²) >= 11 is 0. The standard InChI is InChI=1S/C12H15N5O/c1-7-4-12(5-7,6-13)10(18)15-11-14-8(2)9(3)16-17-11/h7H,4-5H2,1-3H3,(H,14,15,17,18). The van der Waals surface area contributed by atoms with E-state index in [4.69, 9.17) is 5.26 Å². The summed E-state index contributed by atoms with van der Waals surface area (Å²) in [6, 6.07) is 2.10. The first kappa shape index (κ1) is 12.4. The van der Waals surface area contributed by atoms with Crippen molar-refractivity contribution in [3.63, 3.8) is 0 Å². The summed E-state index contributed by atoms with van der Waals surface area (Å²) in [7, 11) is 0. The van der Waals surface area contributed by atoms with Crippen molar-refractivity contribution in [3.05, 3.63) is 11.4 Å². The Morgan fingerprint density at radius 3 is 2.56 bits per heavy atom. The van der Waals surface area contributed by atoms with Crippen LogP contribution in [0.3, 0.4) is 0 Å². The number of hydrogen-bond donors (Lipinski definition) is 1. The highest BCUT2D eigenvalue weighted by Crippen LogP contribution is 2.45. The second-order valence-corrected chi connectivity index (χ2v) is 4.97. The zero-order chi connectivity index (χ0) is 13.3. The second-order valence-electron chi connectivity index (χ2n) is 4.97. The molecule has 0 aliphatic heterocycles. The molecule has 2 rings (SSSR count). The molecule has 1 saturated carbocycles. The van der Waals surface area contributed by atoms with Crippen molar-refractivity contribution < 1.29 is 4.79 Å². The quantitative estimate of drug-likeness (QED) is 0.849. The number of nitrogens with zero attached hydrogens (tertiary/aromatic N) is 4. The van der Waals surface area contributed by atoms with E-state index in [1.165, 1.54) is 0 Å². The lowest BCUT2D eigenvalue weighted by Crippen LogP contribution is -2.45. The van der Waals surface area contributed by atoms with Crippen LogP contribution in [0.5, 0.6) is 0 Å². The van der Waals surface area contributed by atoms with Crippen molar-refractivity contribution in [2.75, 3.05) is 5.32 Å². The third-order valence-electron chi connectivity index (χ3n) is 3.36. The Kier molecular flexibility index (Phi) is 2.99. The Morgan fingerprint density at radius 2 is 2.06 bits per heavy atom. The third-order valence-corrected chi connectivity index (χ3v) is 3.36. The molecule has 6 nitrogen and oxygen atoms in total. The smallest absolute Gasteiger partial charge is 0.249 e. The van der Waals surface area contributed by atoms with Crippen molar-refractivity contribution in [2.24, 2.45) is 11.3 Å². The lowest BCUT2D eigenvalue weighted by Gasteiger charge is -2.38. The molecule has 6 heteroatoms. The van der Waals surface area contributed by atoms with Crippen LogP contribution in [0.15, 0.2) is 0 Å². The number of hydrogen-bond acceptors (Lipinski definition) is 5. The number of nitrogens with one attached hydrogen (secondary N) is 1. The summed E-state index contributed by atoms with van der Waals surface area (Å²) < 4.78 is 0. The molecule has 0 saturated heterocycles. The highest BCUT2D eigenvalue weighted by molar-refractivity contribution is 5.96. The molecule has 1 aliphatic carbocycles. The first-order chi connectivity index (χ1) is 8.47. The lowest BCUT2D eigenvalue weighted by atomic mass is 9.63. The predicted molar refractivity (Wildman–Crippen MR) is 64.4 cm³/mol. The van der Waals surface area contributed by atoms with E-state index in [2.05, 4.69) is 26.6 Å². The largest absolute Gasteiger partial charge is 0.292 e. The minimum Gasteiger partial charge on any atom is -0.292 e. The van der Waals surface area contributed by atoms with Crippen LogP contribution in [0, 0.1) is 36.5 Å². The maximum atomic E-state index is 12.0. The van der Waals surface area contributed by atoms with Crippen molar-refractivity contribution in [3.8, 4) is 6.07 Å². The van der Waals surface area contributed by atoms with Gasteiger partial charge in [-0.1, -0.05) is 6.92 Å². The average Bonchev–Trinajstić information content (AvgIpc) is 2.29. The number of amides is 1. The lowest BCUT2D eigenvalue weighted by molar-refractivity contribution is -0.128. The van der Waals surface area contributed by atoms with Crippen LogP contribution in [0.25, 0.3) is 0 Å². The maximum absolute atomic E-state index is 12.0. The highest BCUT2D eigenvalue weighted by atomic mass is 16.2. The summed E-state index contributed by atoms with van der Waals surface area (Å²) in [6.45, 7) is 5.62. The van der Waals surface area contributed by atoms with Crippen LogP contribution in [0.4, 0.5) is 5.95 Å². The van der Waals surface area contributed by atoms with E-state index in [1.807, 2.05) is 6.92 Å². The van der Waals surface area contributed by atoms with Gasteiger partial charge in [-0.05, 0) is 32.6 Å². The van der Waals surface area contributed by atoms with E-state index >= 15 is 0 Å². The molecule has 1 aromatic heterocycles. The molecule has 0 atom stereocenters. The summed E-state index contributed by atoms with van der Waals surface area (Å²) in [5.74, 6) is 0.250. The molecule has 1 N–H and O–H groups in total. The molecule has 94 valence electrons. The van der Waals surface area contributed by atoms with Gasteiger partial charge in [0.25, 0.3) is 0 Å². The molecular formula is C12H15N5O. The first-order valence-electron chi connectivity index (χ1n) is 5.87. The van der Waals surface area contributed by atoms with Gasteiger partial charge >= 0.3 is 0 Å². The number of rotatable bonds is 2. The van der Waals surface area contributed by atoms with E-state index in [1.54, 1.807) is 13.8 Å². The van der Waals surface area contributed by atoms with Gasteiger partial charge in [0.2, 0.25) is 11.9 Å². The summed E-state index contributed by atoms with van der Waals surface area (Å²) in [4.78, 5) is 16.2. The van der Waals surface area contributed by atoms with Crippen molar-refractivity contribution in [1.82, 2.24) is 15.2 Å². The normalized spacial score (nSPS) is 26.0. The van der Waals surface area contributed by atoms with Gasteiger partial charge in [0.15, 0.2) is 0 Å². The van der Waals surface area contributed by atoms with E-state index in [-0.39, 0.29) is 11.9 Å². The van der Waals surface area contributed by atoms with Gasteiger partial charge in [0, 0.05) is 0 Å². The van der Waals surface area contributed by atoms with Crippen LogP contribution >= 0.6 is 0 Å². The molecule has 1 amide bonds. The fraction of sp³-hybridized carbons (Fsp3) is 0.583. The monoisotopic (exact) mass is 245 g/mol. The van der Waals surface area contributed by atoms with Gasteiger partial charge in [0.05, 0.1) is 17.5 Å². The minimum absolute atomic E-state index is 0.164. The topological polar surface area (TPSA) is 91.6 Å². The molecule has 1 fully saturated rings. The fourth-order valence-electron chi connectivity index (χ4n) is 2.19. The fourth-order valence-corrected chi connectivity index (χ4v) is 2.19. The maximum Gasteiger partial charge on any atom is 0.249 e. The summed E-state index contributed by atoms with van der Waals surface area (Å²) in [5.41, 5.74) is 0.523. The number of carbonyl (C=O) groups excluding carboxylic acids is 1. The van der Waals surface area contributed by atoms with Crippen LogP contribution in [-0.2, 0) is 4.79 Å². The summed E-state index contributed by atoms with van der Waals surface area (Å²) in [6.07, 6.45) is 1.18. The molecular weight excluding hydrogens is 230 g/mol. The average molecular weight is 245 g/mol. The van der Waals surface area contributed by atoms with Gasteiger partial charge in [-0.25, -0.2) is 4.98 Å². The van der Waals surface area contributed by atoms with Crippen LogP contribution in [-0.4, -0.2) is 21.1 Å². The van der Waals surface area contributed by atoms with Crippen molar-refractivity contribution in [1.29, 1.82) is 5.26 Å². The number of nitriles is 1. The van der Waals surface area contributed by atoms with Crippen LogP contribution in [0.1, 0.15) is 31.2 Å². The molecule has 0 unspecified atom stereocenters. The van der Waals surface area contributed by atoms with Gasteiger partial charge in [-0.3, -0.25) is 10.1 Å². The molecule has 1 aliphatic rings. The molecule has 0 aromatic carbocycles. The van der Waals surface area contributed by atoms with Crippen molar-refractivity contribution in [2.45, 2.75) is 33.6 Å². The van der Waals surface area contributed by atoms with E-state index in [0.717, 1.165) is 5.69 Å². The van der Waals surface area contributed by atoms with E-state index in [0.29, 0.717) is 24.5 Å². The van der Waals surface area contributed by atoms with Gasteiger partial charge in [0.1, 0.15) is 5.41 Å². The predicted octanol–water partition coefficient (Wildman–Crippen LogP) is 1.37. The van der Waals surface area contributed by atoms with E-state index in [9.17, 15) is 4.79 Å². The Bertz CT molecular complexity index is 528. The zero-order valence-electron chi connectivity index (χ0n) is 10.7. The highest BCUT2D eigenvalue weighted by Gasteiger charge is 2.49. The van der Waals surface area contributed by atoms with Gasteiger partial charge < -0.3 is 0 Å². The SMILES string of the molecule is Cc1nnc(NC(=O)C2(C#N)CC(C)C2)nc1C. The van der Waals surface area contributed by atoms with Crippen molar-refractivity contribution >= 4 is 11.9 Å².